The van der Waals surface area contributed by atoms with Gasteiger partial charge in [0.1, 0.15) is 6.61 Å². The van der Waals surface area contributed by atoms with E-state index in [1.165, 1.54) is 4.90 Å². The van der Waals surface area contributed by atoms with E-state index in [-0.39, 0.29) is 31.9 Å². The van der Waals surface area contributed by atoms with Crippen LogP contribution in [0, 0.1) is 0 Å². The van der Waals surface area contributed by atoms with Crippen molar-refractivity contribution in [3.05, 3.63) is 35.9 Å². The van der Waals surface area contributed by atoms with Crippen LogP contribution in [0.25, 0.3) is 0 Å². The van der Waals surface area contributed by atoms with Crippen LogP contribution < -0.4 is 0 Å². The van der Waals surface area contributed by atoms with E-state index in [4.69, 9.17) is 4.74 Å². The lowest BCUT2D eigenvalue weighted by molar-refractivity contribution is 0.0528. The molecule has 0 bridgehead atoms. The van der Waals surface area contributed by atoms with E-state index in [1.807, 2.05) is 30.3 Å². The molecule has 1 aromatic rings. The maximum atomic E-state index is 12.0. The van der Waals surface area contributed by atoms with Crippen molar-refractivity contribution in [3.8, 4) is 0 Å². The van der Waals surface area contributed by atoms with Crippen LogP contribution >= 0.6 is 0 Å². The monoisotopic (exact) mass is 265 g/mol. The lowest BCUT2D eigenvalue weighted by Crippen LogP contribution is -2.44. The summed E-state index contributed by atoms with van der Waals surface area (Å²) in [6.45, 7) is 0.000342. The molecule has 0 aliphatic carbocycles. The quantitative estimate of drug-likeness (QED) is 0.856. The molecule has 2 atom stereocenters. The summed E-state index contributed by atoms with van der Waals surface area (Å²) in [5, 5.41) is 18.5. The third-order valence-electron chi connectivity index (χ3n) is 3.46. The van der Waals surface area contributed by atoms with Gasteiger partial charge in [-0.05, 0) is 18.4 Å². The number of carbonyl (C=O) groups is 1. The Hall–Kier alpha value is -1.59. The van der Waals surface area contributed by atoms with Crippen LogP contribution in [0.15, 0.2) is 30.3 Å². The molecule has 1 amide bonds. The predicted molar refractivity (Wildman–Crippen MR) is 69.4 cm³/mol. The van der Waals surface area contributed by atoms with E-state index < -0.39 is 6.09 Å². The van der Waals surface area contributed by atoms with Gasteiger partial charge in [0, 0.05) is 0 Å². The van der Waals surface area contributed by atoms with Crippen molar-refractivity contribution in [3.63, 3.8) is 0 Å². The zero-order chi connectivity index (χ0) is 13.7. The third kappa shape index (κ3) is 3.24. The molecule has 0 saturated carbocycles. The minimum atomic E-state index is -0.473. The Balaban J connectivity index is 1.94. The van der Waals surface area contributed by atoms with Crippen LogP contribution in [0.2, 0.25) is 0 Å². The largest absolute Gasteiger partial charge is 0.445 e. The molecule has 5 nitrogen and oxygen atoms in total. The van der Waals surface area contributed by atoms with Crippen LogP contribution in [0.1, 0.15) is 18.4 Å². The summed E-state index contributed by atoms with van der Waals surface area (Å²) >= 11 is 0. The van der Waals surface area contributed by atoms with Gasteiger partial charge < -0.3 is 14.9 Å². The van der Waals surface area contributed by atoms with Gasteiger partial charge in [-0.2, -0.15) is 0 Å². The zero-order valence-corrected chi connectivity index (χ0v) is 10.7. The summed E-state index contributed by atoms with van der Waals surface area (Å²) in [5.74, 6) is 0. The molecular formula is C14H19NO4. The lowest BCUT2D eigenvalue weighted by atomic mass is 10.2. The summed E-state index contributed by atoms with van der Waals surface area (Å²) in [4.78, 5) is 13.5. The van der Waals surface area contributed by atoms with Gasteiger partial charge in [-0.15, -0.1) is 0 Å². The van der Waals surface area contributed by atoms with Gasteiger partial charge in [0.25, 0.3) is 0 Å². The van der Waals surface area contributed by atoms with Gasteiger partial charge in [-0.1, -0.05) is 30.3 Å². The lowest BCUT2D eigenvalue weighted by Gasteiger charge is -2.27. The van der Waals surface area contributed by atoms with Gasteiger partial charge in [-0.3, -0.25) is 4.90 Å². The summed E-state index contributed by atoms with van der Waals surface area (Å²) in [6.07, 6.45) is 0.920. The van der Waals surface area contributed by atoms with Crippen molar-refractivity contribution in [1.29, 1.82) is 0 Å². The second kappa shape index (κ2) is 6.54. The smallest absolute Gasteiger partial charge is 0.410 e. The second-order valence-electron chi connectivity index (χ2n) is 4.70. The Morgan fingerprint density at radius 1 is 1.16 bits per heavy atom. The molecule has 104 valence electrons. The number of aliphatic hydroxyl groups is 2. The Morgan fingerprint density at radius 2 is 1.74 bits per heavy atom. The zero-order valence-electron chi connectivity index (χ0n) is 10.7. The fourth-order valence-corrected chi connectivity index (χ4v) is 2.41. The summed E-state index contributed by atoms with van der Waals surface area (Å²) in [7, 11) is 0. The first-order valence-corrected chi connectivity index (χ1v) is 6.47. The highest BCUT2D eigenvalue weighted by molar-refractivity contribution is 5.69. The maximum absolute atomic E-state index is 12.0. The molecule has 2 rings (SSSR count). The molecular weight excluding hydrogens is 246 g/mol. The molecule has 0 radical (unpaired) electrons. The maximum Gasteiger partial charge on any atom is 0.410 e. The number of hydrogen-bond acceptors (Lipinski definition) is 4. The van der Waals surface area contributed by atoms with E-state index in [0.717, 1.165) is 5.56 Å². The van der Waals surface area contributed by atoms with Gasteiger partial charge >= 0.3 is 6.09 Å². The molecule has 1 fully saturated rings. The van der Waals surface area contributed by atoms with Crippen LogP contribution in [0.3, 0.4) is 0 Å². The average molecular weight is 265 g/mol. The van der Waals surface area contributed by atoms with Gasteiger partial charge in [-0.25, -0.2) is 4.79 Å². The molecule has 1 aromatic carbocycles. The standard InChI is InChI=1S/C14H19NO4/c16-8-12-6-7-13(9-17)15(12)14(18)19-10-11-4-2-1-3-5-11/h1-5,12-13,16-17H,6-10H2/t12-,13+. The Bertz CT molecular complexity index is 397. The first-order chi connectivity index (χ1) is 9.26. The summed E-state index contributed by atoms with van der Waals surface area (Å²) in [5.41, 5.74) is 0.913. The fraction of sp³-hybridized carbons (Fsp3) is 0.500. The first kappa shape index (κ1) is 13.8. The van der Waals surface area contributed by atoms with Crippen molar-refractivity contribution < 1.29 is 19.7 Å². The highest BCUT2D eigenvalue weighted by atomic mass is 16.6. The molecule has 1 heterocycles. The Labute approximate surface area is 112 Å². The van der Waals surface area contributed by atoms with E-state index >= 15 is 0 Å². The molecule has 0 aromatic heterocycles. The van der Waals surface area contributed by atoms with Crippen LogP contribution in [0.4, 0.5) is 4.79 Å². The first-order valence-electron chi connectivity index (χ1n) is 6.47. The van der Waals surface area contributed by atoms with Crippen LogP contribution in [0.5, 0.6) is 0 Å². The van der Waals surface area contributed by atoms with Crippen molar-refractivity contribution in [2.24, 2.45) is 0 Å². The molecule has 1 aliphatic heterocycles. The molecule has 0 spiro atoms. The molecule has 0 unspecified atom stereocenters. The van der Waals surface area contributed by atoms with Crippen molar-refractivity contribution in [1.82, 2.24) is 4.90 Å². The molecule has 5 heteroatoms. The van der Waals surface area contributed by atoms with E-state index in [9.17, 15) is 15.0 Å². The summed E-state index contributed by atoms with van der Waals surface area (Å²) in [6, 6.07) is 8.92. The number of aliphatic hydroxyl groups excluding tert-OH is 2. The fourth-order valence-electron chi connectivity index (χ4n) is 2.41. The van der Waals surface area contributed by atoms with Crippen LogP contribution in [-0.2, 0) is 11.3 Å². The van der Waals surface area contributed by atoms with Crippen molar-refractivity contribution in [2.75, 3.05) is 13.2 Å². The number of likely N-dealkylation sites (tertiary alicyclic amines) is 1. The highest BCUT2D eigenvalue weighted by Crippen LogP contribution is 2.24. The molecule has 19 heavy (non-hydrogen) atoms. The average Bonchev–Trinajstić information content (AvgIpc) is 2.89. The van der Waals surface area contributed by atoms with Crippen molar-refractivity contribution >= 4 is 6.09 Å². The third-order valence-corrected chi connectivity index (χ3v) is 3.46. The Morgan fingerprint density at radius 3 is 2.26 bits per heavy atom. The minimum absolute atomic E-state index is 0.100. The minimum Gasteiger partial charge on any atom is -0.445 e. The molecule has 1 aliphatic rings. The van der Waals surface area contributed by atoms with Gasteiger partial charge in [0.15, 0.2) is 0 Å². The topological polar surface area (TPSA) is 70.0 Å². The molecule has 2 N–H and O–H groups in total. The summed E-state index contributed by atoms with van der Waals surface area (Å²) < 4.78 is 5.24. The normalized spacial score (nSPS) is 22.5. The van der Waals surface area contributed by atoms with Crippen molar-refractivity contribution in [2.45, 2.75) is 31.5 Å². The SMILES string of the molecule is O=C(OCc1ccccc1)N1[C@H](CO)CC[C@@H]1CO. The number of carbonyl (C=O) groups excluding carboxylic acids is 1. The predicted octanol–water partition coefficient (Wildman–Crippen LogP) is 1.14. The van der Waals surface area contributed by atoms with E-state index in [2.05, 4.69) is 0 Å². The van der Waals surface area contributed by atoms with Crippen LogP contribution in [-0.4, -0.2) is 46.5 Å². The number of benzene rings is 1. The highest BCUT2D eigenvalue weighted by Gasteiger charge is 2.37. The number of ether oxygens (including phenoxy) is 1. The number of rotatable bonds is 4. The van der Waals surface area contributed by atoms with E-state index in [0.29, 0.717) is 12.8 Å². The van der Waals surface area contributed by atoms with E-state index in [1.54, 1.807) is 0 Å². The Kier molecular flexibility index (Phi) is 4.76. The molecule has 1 saturated heterocycles. The second-order valence-corrected chi connectivity index (χ2v) is 4.70. The number of nitrogens with zero attached hydrogens (tertiary/aromatic N) is 1. The van der Waals surface area contributed by atoms with Gasteiger partial charge in [0.2, 0.25) is 0 Å². The number of hydrogen-bond donors (Lipinski definition) is 2. The number of amides is 1. The van der Waals surface area contributed by atoms with Gasteiger partial charge in [0.05, 0.1) is 25.3 Å².